The van der Waals surface area contributed by atoms with Crippen LogP contribution >= 0.6 is 11.6 Å². The molecule has 0 radical (unpaired) electrons. The summed E-state index contributed by atoms with van der Waals surface area (Å²) in [6.07, 6.45) is 0.511. The molecule has 0 aliphatic rings. The Hall–Kier alpha value is -1.68. The van der Waals surface area contributed by atoms with Gasteiger partial charge in [0.1, 0.15) is 5.75 Å². The number of aromatic amines is 1. The molecule has 0 saturated carbocycles. The fraction of sp³-hybridized carbons (Fsp3) is 0.357. The van der Waals surface area contributed by atoms with Gasteiger partial charge in [-0.2, -0.15) is 0 Å². The number of hydrogen-bond acceptors (Lipinski definition) is 2. The Bertz CT molecular complexity index is 633. The number of carboxylic acid groups (broad SMARTS) is 1. The van der Waals surface area contributed by atoms with E-state index in [-0.39, 0.29) is 0 Å². The average Bonchev–Trinajstić information content (AvgIpc) is 2.68. The second kappa shape index (κ2) is 5.13. The maximum atomic E-state index is 11.4. The van der Waals surface area contributed by atoms with Crippen molar-refractivity contribution in [3.05, 3.63) is 28.4 Å². The van der Waals surface area contributed by atoms with Crippen LogP contribution < -0.4 is 4.74 Å². The number of hydrogen-bond donors (Lipinski definition) is 2. The predicted molar refractivity (Wildman–Crippen MR) is 75.3 cm³/mol. The number of halogens is 1. The van der Waals surface area contributed by atoms with Gasteiger partial charge in [-0.15, -0.1) is 0 Å². The summed E-state index contributed by atoms with van der Waals surface area (Å²) in [6, 6.07) is 3.62. The number of aryl methyl sites for hydroxylation is 1. The number of methoxy groups -OCH3 is 1. The van der Waals surface area contributed by atoms with Crippen molar-refractivity contribution < 1.29 is 14.6 Å². The van der Waals surface area contributed by atoms with Crippen molar-refractivity contribution in [2.45, 2.75) is 26.2 Å². The van der Waals surface area contributed by atoms with Crippen molar-refractivity contribution in [3.8, 4) is 5.75 Å². The van der Waals surface area contributed by atoms with E-state index in [0.29, 0.717) is 17.2 Å². The lowest BCUT2D eigenvalue weighted by Crippen LogP contribution is -2.11. The molecule has 5 heteroatoms. The third-order valence-electron chi connectivity index (χ3n) is 3.38. The lowest BCUT2D eigenvalue weighted by Gasteiger charge is -2.12. The molecule has 1 aromatic carbocycles. The highest BCUT2D eigenvalue weighted by atomic mass is 35.5. The van der Waals surface area contributed by atoms with E-state index in [1.807, 2.05) is 19.9 Å². The Morgan fingerprint density at radius 2 is 2.21 bits per heavy atom. The van der Waals surface area contributed by atoms with Crippen LogP contribution in [0.2, 0.25) is 5.02 Å². The van der Waals surface area contributed by atoms with E-state index in [1.165, 1.54) is 0 Å². The van der Waals surface area contributed by atoms with Crippen molar-refractivity contribution in [3.63, 3.8) is 0 Å². The first-order valence-electron chi connectivity index (χ1n) is 6.08. The van der Waals surface area contributed by atoms with Crippen molar-refractivity contribution in [2.75, 3.05) is 7.11 Å². The minimum atomic E-state index is -0.842. The number of benzene rings is 1. The van der Waals surface area contributed by atoms with Crippen LogP contribution in [-0.2, 0) is 4.79 Å². The summed E-state index contributed by atoms with van der Waals surface area (Å²) < 4.78 is 5.20. The molecule has 4 nitrogen and oxygen atoms in total. The van der Waals surface area contributed by atoms with Gasteiger partial charge in [-0.05, 0) is 31.0 Å². The maximum absolute atomic E-state index is 11.4. The first-order valence-corrected chi connectivity index (χ1v) is 6.46. The molecule has 1 unspecified atom stereocenters. The molecule has 0 bridgehead atoms. The zero-order valence-electron chi connectivity index (χ0n) is 11.1. The van der Waals surface area contributed by atoms with E-state index in [2.05, 4.69) is 4.98 Å². The molecule has 0 aliphatic heterocycles. The van der Waals surface area contributed by atoms with Crippen LogP contribution in [0.4, 0.5) is 0 Å². The quantitative estimate of drug-likeness (QED) is 0.898. The van der Waals surface area contributed by atoms with Gasteiger partial charge in [0, 0.05) is 16.6 Å². The molecule has 1 heterocycles. The Morgan fingerprint density at radius 3 is 2.74 bits per heavy atom. The summed E-state index contributed by atoms with van der Waals surface area (Å²) in [5.74, 6) is -0.863. The summed E-state index contributed by atoms with van der Waals surface area (Å²) in [5, 5.41) is 10.6. The topological polar surface area (TPSA) is 62.3 Å². The summed E-state index contributed by atoms with van der Waals surface area (Å²) in [6.45, 7) is 3.72. The second-order valence-corrected chi connectivity index (χ2v) is 4.85. The van der Waals surface area contributed by atoms with Gasteiger partial charge in [0.15, 0.2) is 0 Å². The Labute approximate surface area is 116 Å². The van der Waals surface area contributed by atoms with Crippen LogP contribution in [0.25, 0.3) is 10.9 Å². The zero-order valence-corrected chi connectivity index (χ0v) is 11.8. The van der Waals surface area contributed by atoms with Gasteiger partial charge in [0.25, 0.3) is 0 Å². The third-order valence-corrected chi connectivity index (χ3v) is 3.75. The normalized spacial score (nSPS) is 12.6. The van der Waals surface area contributed by atoms with Crippen LogP contribution in [0.5, 0.6) is 5.75 Å². The van der Waals surface area contributed by atoms with Crippen LogP contribution in [0.15, 0.2) is 12.1 Å². The molecule has 0 saturated heterocycles. The number of rotatable bonds is 4. The van der Waals surface area contributed by atoms with Gasteiger partial charge in [-0.25, -0.2) is 0 Å². The maximum Gasteiger partial charge on any atom is 0.311 e. The van der Waals surface area contributed by atoms with E-state index in [0.717, 1.165) is 22.2 Å². The first-order chi connectivity index (χ1) is 9.01. The van der Waals surface area contributed by atoms with E-state index >= 15 is 0 Å². The van der Waals surface area contributed by atoms with E-state index in [4.69, 9.17) is 16.3 Å². The molecule has 2 N–H and O–H groups in total. The van der Waals surface area contributed by atoms with Gasteiger partial charge in [0.2, 0.25) is 0 Å². The number of carbonyl (C=O) groups is 1. The Kier molecular flexibility index (Phi) is 3.71. The fourth-order valence-electron chi connectivity index (χ4n) is 2.48. The van der Waals surface area contributed by atoms with Gasteiger partial charge in [0.05, 0.1) is 18.1 Å². The molecular formula is C14H16ClNO3. The number of nitrogens with one attached hydrogen (secondary N) is 1. The lowest BCUT2D eigenvalue weighted by molar-refractivity contribution is -0.138. The van der Waals surface area contributed by atoms with Gasteiger partial charge in [-0.3, -0.25) is 4.79 Å². The molecule has 0 fully saturated rings. The smallest absolute Gasteiger partial charge is 0.311 e. The molecule has 102 valence electrons. The molecule has 0 aliphatic carbocycles. The molecule has 0 amide bonds. The molecule has 0 spiro atoms. The minimum Gasteiger partial charge on any atom is -0.495 e. The van der Waals surface area contributed by atoms with E-state index < -0.39 is 11.9 Å². The number of aliphatic carboxylic acids is 1. The van der Waals surface area contributed by atoms with Gasteiger partial charge in [-0.1, -0.05) is 18.5 Å². The first kappa shape index (κ1) is 13.7. The van der Waals surface area contributed by atoms with E-state index in [9.17, 15) is 9.90 Å². The molecular weight excluding hydrogens is 266 g/mol. The highest BCUT2D eigenvalue weighted by molar-refractivity contribution is 6.37. The second-order valence-electron chi connectivity index (χ2n) is 4.47. The summed E-state index contributed by atoms with van der Waals surface area (Å²) >= 11 is 6.33. The summed E-state index contributed by atoms with van der Waals surface area (Å²) in [4.78, 5) is 14.6. The van der Waals surface area contributed by atoms with Crippen molar-refractivity contribution in [2.24, 2.45) is 0 Å². The average molecular weight is 282 g/mol. The predicted octanol–water partition coefficient (Wildman–Crippen LogP) is 3.72. The van der Waals surface area contributed by atoms with Crippen molar-refractivity contribution in [1.82, 2.24) is 4.98 Å². The largest absolute Gasteiger partial charge is 0.495 e. The van der Waals surface area contributed by atoms with E-state index in [1.54, 1.807) is 13.2 Å². The van der Waals surface area contributed by atoms with Gasteiger partial charge >= 0.3 is 5.97 Å². The van der Waals surface area contributed by atoms with Gasteiger partial charge < -0.3 is 14.8 Å². The van der Waals surface area contributed by atoms with Crippen molar-refractivity contribution >= 4 is 28.5 Å². The van der Waals surface area contributed by atoms with Crippen LogP contribution in [0.1, 0.15) is 30.5 Å². The molecule has 1 aromatic heterocycles. The fourth-order valence-corrected chi connectivity index (χ4v) is 2.82. The summed E-state index contributed by atoms with van der Waals surface area (Å²) in [7, 11) is 1.54. The highest BCUT2D eigenvalue weighted by Crippen LogP contribution is 2.39. The molecule has 2 rings (SSSR count). The van der Waals surface area contributed by atoms with Crippen LogP contribution in [0.3, 0.4) is 0 Å². The molecule has 2 aromatic rings. The SMILES string of the molecule is CCC(C(=O)O)c1c(C)[nH]c2ccc(OC)c(Cl)c12. The highest BCUT2D eigenvalue weighted by Gasteiger charge is 2.25. The summed E-state index contributed by atoms with van der Waals surface area (Å²) in [5.41, 5.74) is 2.41. The number of fused-ring (bicyclic) bond motifs is 1. The Balaban J connectivity index is 2.79. The molecule has 19 heavy (non-hydrogen) atoms. The van der Waals surface area contributed by atoms with Crippen LogP contribution in [-0.4, -0.2) is 23.2 Å². The number of aromatic nitrogens is 1. The minimum absolute atomic E-state index is 0.457. The number of ether oxygens (including phenoxy) is 1. The molecule has 1 atom stereocenters. The lowest BCUT2D eigenvalue weighted by atomic mass is 9.94. The van der Waals surface area contributed by atoms with Crippen LogP contribution in [0, 0.1) is 6.92 Å². The number of H-pyrrole nitrogens is 1. The zero-order chi connectivity index (χ0) is 14.2. The third kappa shape index (κ3) is 2.16. The standard InChI is InChI=1S/C14H16ClNO3/c1-4-8(14(17)18)11-7(2)16-9-5-6-10(19-3)13(15)12(9)11/h5-6,8,16H,4H2,1-3H3,(H,17,18). The monoisotopic (exact) mass is 281 g/mol. The number of carboxylic acids is 1. The Morgan fingerprint density at radius 1 is 1.53 bits per heavy atom. The van der Waals surface area contributed by atoms with Crippen molar-refractivity contribution in [1.29, 1.82) is 0 Å².